The smallest absolute Gasteiger partial charge is 0.317 e. The van der Waals surface area contributed by atoms with Crippen molar-refractivity contribution in [1.29, 1.82) is 0 Å². The highest BCUT2D eigenvalue weighted by Crippen LogP contribution is 2.28. The predicted octanol–water partition coefficient (Wildman–Crippen LogP) is 2.16. The molecule has 0 bridgehead atoms. The minimum absolute atomic E-state index is 0.0307. The van der Waals surface area contributed by atoms with E-state index < -0.39 is 11.4 Å². The molecule has 1 fully saturated rings. The van der Waals surface area contributed by atoms with Gasteiger partial charge in [-0.05, 0) is 50.9 Å². The molecule has 0 radical (unpaired) electrons. The molecule has 0 saturated heterocycles. The van der Waals surface area contributed by atoms with E-state index in [0.29, 0.717) is 6.54 Å². The molecule has 1 aromatic rings. The van der Waals surface area contributed by atoms with Gasteiger partial charge in [-0.1, -0.05) is 19.1 Å². The fourth-order valence-corrected chi connectivity index (χ4v) is 3.04. The van der Waals surface area contributed by atoms with E-state index in [-0.39, 0.29) is 30.4 Å². The fourth-order valence-electron chi connectivity index (χ4n) is 3.04. The number of amides is 1. The van der Waals surface area contributed by atoms with Crippen molar-refractivity contribution in [3.8, 4) is 0 Å². The second-order valence-electron chi connectivity index (χ2n) is 6.88. The first-order chi connectivity index (χ1) is 11.2. The van der Waals surface area contributed by atoms with Crippen LogP contribution in [-0.4, -0.2) is 47.1 Å². The highest BCUT2D eigenvalue weighted by molar-refractivity contribution is 5.87. The molecule has 1 amide bonds. The summed E-state index contributed by atoms with van der Waals surface area (Å²) in [6.07, 6.45) is 1.51. The Bertz CT molecular complexity index is 595. The lowest BCUT2D eigenvalue weighted by molar-refractivity contribution is -0.140. The maximum atomic E-state index is 13.0. The third-order valence-corrected chi connectivity index (χ3v) is 4.84. The summed E-state index contributed by atoms with van der Waals surface area (Å²) in [6.45, 7) is 6.27. The minimum atomic E-state index is -0.832. The van der Waals surface area contributed by atoms with Crippen molar-refractivity contribution >= 4 is 11.9 Å². The Morgan fingerprint density at radius 1 is 1.29 bits per heavy atom. The Kier molecular flexibility index (Phi) is 5.59. The van der Waals surface area contributed by atoms with Crippen LogP contribution in [0.2, 0.25) is 0 Å². The number of carbonyl (C=O) groups is 2. The van der Waals surface area contributed by atoms with Gasteiger partial charge in [-0.15, -0.1) is 0 Å². The Morgan fingerprint density at radius 2 is 1.88 bits per heavy atom. The summed E-state index contributed by atoms with van der Waals surface area (Å²) in [5, 5.41) is 11.9. The summed E-state index contributed by atoms with van der Waals surface area (Å²) in [6, 6.07) is 6.23. The van der Waals surface area contributed by atoms with Gasteiger partial charge in [-0.3, -0.25) is 14.5 Å². The summed E-state index contributed by atoms with van der Waals surface area (Å²) < 4.78 is 13.0. The molecule has 0 spiro atoms. The second kappa shape index (κ2) is 7.30. The number of nitrogens with one attached hydrogen (secondary N) is 1. The molecule has 6 heteroatoms. The number of aliphatic carboxylic acids is 1. The number of carbonyl (C=O) groups excluding carboxylic acids is 1. The zero-order chi connectivity index (χ0) is 17.9. The van der Waals surface area contributed by atoms with Crippen LogP contribution in [0.1, 0.15) is 39.2 Å². The molecule has 0 heterocycles. The van der Waals surface area contributed by atoms with Gasteiger partial charge in [0.15, 0.2) is 0 Å². The van der Waals surface area contributed by atoms with Crippen LogP contribution >= 0.6 is 0 Å². The zero-order valence-electron chi connectivity index (χ0n) is 14.4. The summed E-state index contributed by atoms with van der Waals surface area (Å²) in [4.78, 5) is 25.3. The van der Waals surface area contributed by atoms with Crippen LogP contribution in [-0.2, 0) is 15.0 Å². The monoisotopic (exact) mass is 336 g/mol. The van der Waals surface area contributed by atoms with Gasteiger partial charge in [0.05, 0.1) is 12.0 Å². The van der Waals surface area contributed by atoms with Crippen molar-refractivity contribution < 1.29 is 19.1 Å². The minimum Gasteiger partial charge on any atom is -0.480 e. The number of likely N-dealkylation sites (N-methyl/N-ethyl adjacent to an activating group) is 1. The Morgan fingerprint density at radius 3 is 2.38 bits per heavy atom. The van der Waals surface area contributed by atoms with Gasteiger partial charge in [-0.2, -0.15) is 0 Å². The van der Waals surface area contributed by atoms with E-state index >= 15 is 0 Å². The van der Waals surface area contributed by atoms with E-state index in [1.165, 1.54) is 12.1 Å². The largest absolute Gasteiger partial charge is 0.480 e. The molecule has 1 saturated carbocycles. The average molecular weight is 336 g/mol. The van der Waals surface area contributed by atoms with Crippen LogP contribution in [0.4, 0.5) is 4.39 Å². The lowest BCUT2D eigenvalue weighted by Crippen LogP contribution is -2.57. The van der Waals surface area contributed by atoms with Crippen molar-refractivity contribution in [2.45, 2.75) is 51.1 Å². The number of nitrogens with zero attached hydrogens (tertiary/aromatic N) is 1. The van der Waals surface area contributed by atoms with Gasteiger partial charge in [0.2, 0.25) is 5.91 Å². The van der Waals surface area contributed by atoms with Crippen LogP contribution in [0.25, 0.3) is 0 Å². The van der Waals surface area contributed by atoms with Gasteiger partial charge in [0, 0.05) is 12.1 Å². The SMILES string of the molecule is CCN(CC(=O)O)C1CC(NC(=O)C(C)(C)c2ccc(F)cc2)C1. The summed E-state index contributed by atoms with van der Waals surface area (Å²) in [5.41, 5.74) is 0.0166. The van der Waals surface area contributed by atoms with Crippen molar-refractivity contribution in [2.75, 3.05) is 13.1 Å². The van der Waals surface area contributed by atoms with E-state index in [1.54, 1.807) is 12.1 Å². The van der Waals surface area contributed by atoms with Crippen molar-refractivity contribution in [3.63, 3.8) is 0 Å². The van der Waals surface area contributed by atoms with Crippen LogP contribution in [0, 0.1) is 5.82 Å². The molecular formula is C18H25FN2O3. The van der Waals surface area contributed by atoms with E-state index in [9.17, 15) is 14.0 Å². The summed E-state index contributed by atoms with van der Waals surface area (Å²) in [5.74, 6) is -1.25. The molecular weight excluding hydrogens is 311 g/mol. The number of hydrogen-bond acceptors (Lipinski definition) is 3. The Balaban J connectivity index is 1.89. The molecule has 2 rings (SSSR count). The topological polar surface area (TPSA) is 69.6 Å². The molecule has 0 unspecified atom stereocenters. The van der Waals surface area contributed by atoms with Crippen LogP contribution < -0.4 is 5.32 Å². The van der Waals surface area contributed by atoms with E-state index in [4.69, 9.17) is 5.11 Å². The number of benzene rings is 1. The van der Waals surface area contributed by atoms with Crippen LogP contribution in [0.15, 0.2) is 24.3 Å². The van der Waals surface area contributed by atoms with Crippen molar-refractivity contribution in [1.82, 2.24) is 10.2 Å². The maximum Gasteiger partial charge on any atom is 0.317 e. The Labute approximate surface area is 141 Å². The number of rotatable bonds is 7. The highest BCUT2D eigenvalue weighted by atomic mass is 19.1. The van der Waals surface area contributed by atoms with Crippen molar-refractivity contribution in [3.05, 3.63) is 35.6 Å². The molecule has 132 valence electrons. The molecule has 1 aliphatic carbocycles. The van der Waals surface area contributed by atoms with Gasteiger partial charge in [-0.25, -0.2) is 4.39 Å². The van der Waals surface area contributed by atoms with Gasteiger partial charge < -0.3 is 10.4 Å². The van der Waals surface area contributed by atoms with E-state index in [1.807, 2.05) is 25.7 Å². The van der Waals surface area contributed by atoms with Crippen LogP contribution in [0.5, 0.6) is 0 Å². The summed E-state index contributed by atoms with van der Waals surface area (Å²) in [7, 11) is 0. The maximum absolute atomic E-state index is 13.0. The van der Waals surface area contributed by atoms with E-state index in [2.05, 4.69) is 5.32 Å². The first-order valence-corrected chi connectivity index (χ1v) is 8.27. The van der Waals surface area contributed by atoms with E-state index in [0.717, 1.165) is 18.4 Å². The fraction of sp³-hybridized carbons (Fsp3) is 0.556. The first-order valence-electron chi connectivity index (χ1n) is 8.27. The molecule has 0 aromatic heterocycles. The number of halogens is 1. The number of hydrogen-bond donors (Lipinski definition) is 2. The lowest BCUT2D eigenvalue weighted by atomic mass is 9.81. The number of carboxylic acids is 1. The zero-order valence-corrected chi connectivity index (χ0v) is 14.4. The lowest BCUT2D eigenvalue weighted by Gasteiger charge is -2.43. The average Bonchev–Trinajstić information content (AvgIpc) is 2.48. The molecule has 2 N–H and O–H groups in total. The molecule has 1 aliphatic rings. The highest BCUT2D eigenvalue weighted by Gasteiger charge is 2.38. The molecule has 0 atom stereocenters. The predicted molar refractivity (Wildman–Crippen MR) is 89.3 cm³/mol. The molecule has 1 aromatic carbocycles. The van der Waals surface area contributed by atoms with Gasteiger partial charge in [0.1, 0.15) is 5.82 Å². The third kappa shape index (κ3) is 4.12. The second-order valence-corrected chi connectivity index (χ2v) is 6.88. The van der Waals surface area contributed by atoms with Gasteiger partial charge in [0.25, 0.3) is 0 Å². The van der Waals surface area contributed by atoms with Crippen LogP contribution in [0.3, 0.4) is 0 Å². The van der Waals surface area contributed by atoms with Gasteiger partial charge >= 0.3 is 5.97 Å². The van der Waals surface area contributed by atoms with Crippen molar-refractivity contribution in [2.24, 2.45) is 0 Å². The molecule has 24 heavy (non-hydrogen) atoms. The molecule has 5 nitrogen and oxygen atoms in total. The molecule has 0 aliphatic heterocycles. The number of carboxylic acid groups (broad SMARTS) is 1. The normalized spacial score (nSPS) is 20.5. The summed E-state index contributed by atoms with van der Waals surface area (Å²) >= 11 is 0. The standard InChI is InChI=1S/C18H25FN2O3/c1-4-21(11-16(22)23)15-9-14(10-15)20-17(24)18(2,3)12-5-7-13(19)8-6-12/h5-8,14-15H,4,9-11H2,1-3H3,(H,20,24)(H,22,23). The first kappa shape index (κ1) is 18.4. The Hall–Kier alpha value is -1.95. The quantitative estimate of drug-likeness (QED) is 0.800. The third-order valence-electron chi connectivity index (χ3n) is 4.84.